The Morgan fingerprint density at radius 3 is 1.53 bits per heavy atom. The van der Waals surface area contributed by atoms with Gasteiger partial charge in [-0.15, -0.1) is 0 Å². The summed E-state index contributed by atoms with van der Waals surface area (Å²) in [4.78, 5) is 12.5. The summed E-state index contributed by atoms with van der Waals surface area (Å²) in [7, 11) is 0. The first-order valence-corrected chi connectivity index (χ1v) is 15.0. The molecule has 0 saturated heterocycles. The first-order chi connectivity index (χ1) is 17.9. The Balaban J connectivity index is -0.000000692. The Morgan fingerprint density at radius 1 is 0.733 bits per heavy atom. The molecule has 5 saturated carbocycles. The molecule has 0 aromatic heterocycles. The van der Waals surface area contributed by atoms with Crippen molar-refractivity contribution in [2.45, 2.75) is 152 Å². The number of aliphatic hydroxyl groups is 1. The summed E-state index contributed by atoms with van der Waals surface area (Å²) < 4.78 is 82.2. The predicted molar refractivity (Wildman–Crippen MR) is 162 cm³/mol. The molecule has 4 bridgehead atoms. The number of ether oxygens (including phenoxy) is 1. The molecule has 271 valence electrons. The number of carbonyl (C=O) groups excluding carboxylic acids is 1. The first kappa shape index (κ1) is 49.7. The Hall–Kier alpha value is 0.324. The van der Waals surface area contributed by atoms with Crippen molar-refractivity contribution < 1.29 is 83.5 Å². The zero-order valence-electron chi connectivity index (χ0n) is 24.7. The number of esters is 1. The molecule has 0 amide bonds. The third kappa shape index (κ3) is 9.73. The van der Waals surface area contributed by atoms with E-state index in [2.05, 4.69) is 20.8 Å². The van der Waals surface area contributed by atoms with E-state index in [0.717, 1.165) is 31.1 Å². The van der Waals surface area contributed by atoms with Crippen molar-refractivity contribution in [2.24, 2.45) is 59.2 Å². The summed E-state index contributed by atoms with van der Waals surface area (Å²) in [6.07, 6.45) is -3.41. The number of carbonyl (C=O) groups is 1. The fourth-order valence-electron chi connectivity index (χ4n) is 9.03. The molecule has 10 unspecified atom stereocenters. The average Bonchev–Trinajstić information content (AvgIpc) is 3.57. The normalized spacial score (nSPS) is 35.8. The maximum absolute atomic E-state index is 12.7. The first-order valence-electron chi connectivity index (χ1n) is 15.0. The van der Waals surface area contributed by atoms with Gasteiger partial charge in [-0.2, -0.15) is 26.3 Å². The van der Waals surface area contributed by atoms with Crippen LogP contribution in [0.25, 0.3) is 0 Å². The Labute approximate surface area is 299 Å². The second-order valence-electron chi connectivity index (χ2n) is 14.1. The van der Waals surface area contributed by atoms with Gasteiger partial charge in [0.2, 0.25) is 0 Å². The summed E-state index contributed by atoms with van der Waals surface area (Å²) >= 11 is 0. The van der Waals surface area contributed by atoms with Crippen LogP contribution in [0.3, 0.4) is 0 Å². The van der Waals surface area contributed by atoms with Gasteiger partial charge in [-0.3, -0.25) is 4.79 Å². The van der Waals surface area contributed by atoms with E-state index in [-0.39, 0.29) is 107 Å². The Kier molecular flexibility index (Phi) is 19.7. The van der Waals surface area contributed by atoms with Gasteiger partial charge in [0.1, 0.15) is 5.60 Å². The van der Waals surface area contributed by atoms with Crippen LogP contribution in [-0.2, 0) is 28.1 Å². The zero-order chi connectivity index (χ0) is 29.1. The van der Waals surface area contributed by atoms with Gasteiger partial charge in [0, 0.05) is 18.6 Å². The van der Waals surface area contributed by atoms with Crippen LogP contribution in [0.4, 0.5) is 26.3 Å². The van der Waals surface area contributed by atoms with Gasteiger partial charge in [-0.1, -0.05) is 63.8 Å². The molecule has 3 nitrogen and oxygen atoms in total. The molecule has 0 aromatic rings. The standard InChI is InChI=1S/C17H28O2.C13H18F6O.4CH4.HI.V/c1-11-12(2)14-9-13(11)10-15(14)16(18)19-17(3)7-5-4-6-8-17;1-6-7(2)10-4-8(6)3-9(10)5-11(20,12(14,15)16)13(17,18)19;;;;;;/h11-15H,4-10H2,1-3H3;6-10,20H,3-5H2,1-2H3;4*1H4;1H;/p-1. The summed E-state index contributed by atoms with van der Waals surface area (Å²) in [5.41, 5.74) is -4.75. The molecular formula is C34H62F6IO3V-. The Bertz CT molecular complexity index is 876. The van der Waals surface area contributed by atoms with E-state index in [1.807, 2.05) is 13.8 Å². The summed E-state index contributed by atoms with van der Waals surface area (Å²) in [6, 6.07) is 0. The quantitative estimate of drug-likeness (QED) is 0.179. The van der Waals surface area contributed by atoms with Crippen LogP contribution in [-0.4, -0.2) is 34.6 Å². The largest absolute Gasteiger partial charge is 1.00 e. The van der Waals surface area contributed by atoms with E-state index in [4.69, 9.17) is 4.74 Å². The molecular weight excluding hydrogens is 748 g/mol. The number of rotatable bonds is 4. The molecule has 5 rings (SSSR count). The van der Waals surface area contributed by atoms with E-state index < -0.39 is 30.3 Å². The molecule has 5 aliphatic rings. The van der Waals surface area contributed by atoms with E-state index >= 15 is 0 Å². The molecule has 45 heavy (non-hydrogen) atoms. The van der Waals surface area contributed by atoms with E-state index in [0.29, 0.717) is 30.6 Å². The van der Waals surface area contributed by atoms with Crippen LogP contribution in [0.1, 0.15) is 129 Å². The molecule has 10 atom stereocenters. The third-order valence-electron chi connectivity index (χ3n) is 12.0. The maximum atomic E-state index is 12.7. The number of halogens is 7. The van der Waals surface area contributed by atoms with Crippen molar-refractivity contribution in [1.29, 1.82) is 0 Å². The number of hydrogen-bond acceptors (Lipinski definition) is 3. The zero-order valence-corrected chi connectivity index (χ0v) is 28.3. The summed E-state index contributed by atoms with van der Waals surface area (Å²) in [6.45, 7) is 10.7. The molecule has 1 N–H and O–H groups in total. The van der Waals surface area contributed by atoms with Gasteiger partial charge in [0.25, 0.3) is 5.60 Å². The van der Waals surface area contributed by atoms with Crippen molar-refractivity contribution in [1.82, 2.24) is 0 Å². The molecule has 5 fully saturated rings. The van der Waals surface area contributed by atoms with Gasteiger partial charge in [-0.05, 0) is 118 Å². The van der Waals surface area contributed by atoms with Gasteiger partial charge < -0.3 is 33.8 Å². The fourth-order valence-corrected chi connectivity index (χ4v) is 9.03. The SMILES string of the molecule is C.C.C.C.CC1C2CC(C(=O)OC3(C)CCCCC3)C(C2)C1C.CC1C2CC(CC(O)(C(F)(F)F)C(F)(F)F)C(C2)C1C.[I-].[V]. The predicted octanol–water partition coefficient (Wildman–Crippen LogP) is 7.89. The third-order valence-corrected chi connectivity index (χ3v) is 12.0. The van der Waals surface area contributed by atoms with Crippen LogP contribution >= 0.6 is 0 Å². The van der Waals surface area contributed by atoms with Crippen molar-refractivity contribution in [2.75, 3.05) is 0 Å². The summed E-state index contributed by atoms with van der Waals surface area (Å²) in [5, 5.41) is 9.28. The number of alkyl halides is 6. The topological polar surface area (TPSA) is 46.5 Å². The minimum atomic E-state index is -5.69. The van der Waals surface area contributed by atoms with Crippen LogP contribution in [0.5, 0.6) is 0 Å². The molecule has 11 heteroatoms. The van der Waals surface area contributed by atoms with Gasteiger partial charge >= 0.3 is 18.3 Å². The van der Waals surface area contributed by atoms with E-state index in [1.165, 1.54) is 25.7 Å². The van der Waals surface area contributed by atoms with Gasteiger partial charge in [0.05, 0.1) is 5.92 Å². The smallest absolute Gasteiger partial charge is 0.426 e. The van der Waals surface area contributed by atoms with Crippen LogP contribution in [0.15, 0.2) is 0 Å². The van der Waals surface area contributed by atoms with Crippen molar-refractivity contribution in [3.63, 3.8) is 0 Å². The summed E-state index contributed by atoms with van der Waals surface area (Å²) in [5.74, 6) is 2.98. The van der Waals surface area contributed by atoms with Crippen LogP contribution in [0, 0.1) is 59.2 Å². The molecule has 1 radical (unpaired) electrons. The average molecular weight is 811 g/mol. The molecule has 0 aliphatic heterocycles. The van der Waals surface area contributed by atoms with Gasteiger partial charge in [0.15, 0.2) is 0 Å². The van der Waals surface area contributed by atoms with E-state index in [1.54, 1.807) is 0 Å². The number of hydrogen-bond donors (Lipinski definition) is 1. The van der Waals surface area contributed by atoms with Gasteiger partial charge in [-0.25, -0.2) is 0 Å². The maximum Gasteiger partial charge on any atom is 0.426 e. The molecule has 0 spiro atoms. The number of fused-ring (bicyclic) bond motifs is 4. The molecule has 0 heterocycles. The minimum absolute atomic E-state index is 0. The molecule has 5 aliphatic carbocycles. The van der Waals surface area contributed by atoms with Crippen molar-refractivity contribution >= 4 is 5.97 Å². The second-order valence-corrected chi connectivity index (χ2v) is 14.1. The van der Waals surface area contributed by atoms with Crippen molar-refractivity contribution in [3.05, 3.63) is 0 Å². The minimum Gasteiger partial charge on any atom is -1.00 e. The van der Waals surface area contributed by atoms with Crippen molar-refractivity contribution in [3.8, 4) is 0 Å². The molecule has 0 aromatic carbocycles. The monoisotopic (exact) mass is 810 g/mol. The van der Waals surface area contributed by atoms with E-state index in [9.17, 15) is 36.2 Å². The fraction of sp³-hybridized carbons (Fsp3) is 0.971. The van der Waals surface area contributed by atoms with Crippen LogP contribution in [0.2, 0.25) is 0 Å². The Morgan fingerprint density at radius 2 is 1.16 bits per heavy atom. The second kappa shape index (κ2) is 17.8. The van der Waals surface area contributed by atoms with Crippen LogP contribution < -0.4 is 24.0 Å².